The van der Waals surface area contributed by atoms with Gasteiger partial charge in [0.15, 0.2) is 0 Å². The van der Waals surface area contributed by atoms with Gasteiger partial charge in [0.05, 0.1) is 6.26 Å². The number of rotatable bonds is 0. The Labute approximate surface area is 120 Å². The lowest BCUT2D eigenvalue weighted by atomic mass is 10.0. The van der Waals surface area contributed by atoms with E-state index in [1.807, 2.05) is 32.0 Å². The molecule has 0 saturated heterocycles. The monoisotopic (exact) mass is 278 g/mol. The van der Waals surface area contributed by atoms with Crippen molar-refractivity contribution < 1.29 is 8.83 Å². The number of nitrogens with two attached hydrogens (primary N) is 1. The molecular formula is C17H14N2O2. The fraction of sp³-hybridized carbons (Fsp3) is 0.118. The zero-order valence-electron chi connectivity index (χ0n) is 11.8. The lowest BCUT2D eigenvalue weighted by Gasteiger charge is -2.07. The minimum absolute atomic E-state index is 0.434. The van der Waals surface area contributed by atoms with Crippen molar-refractivity contribution >= 4 is 32.7 Å². The Kier molecular flexibility index (Phi) is 2.36. The van der Waals surface area contributed by atoms with Crippen molar-refractivity contribution in [2.45, 2.75) is 13.8 Å². The van der Waals surface area contributed by atoms with Crippen molar-refractivity contribution in [1.82, 2.24) is 0 Å². The number of fused-ring (bicyclic) bond motifs is 4. The summed E-state index contributed by atoms with van der Waals surface area (Å²) in [6.07, 6.45) is 1.77. The molecule has 0 fully saturated rings. The Morgan fingerprint density at radius 2 is 1.71 bits per heavy atom. The molecule has 0 saturated carbocycles. The smallest absolute Gasteiger partial charge is 0.243 e. The Morgan fingerprint density at radius 1 is 0.952 bits per heavy atom. The van der Waals surface area contributed by atoms with Crippen LogP contribution in [0.15, 0.2) is 50.5 Å². The number of aryl methyl sites for hydroxylation is 2. The molecule has 104 valence electrons. The van der Waals surface area contributed by atoms with E-state index in [9.17, 15) is 0 Å². The van der Waals surface area contributed by atoms with Gasteiger partial charge in [-0.15, -0.1) is 5.10 Å². The number of hydrogen-bond acceptors (Lipinski definition) is 4. The van der Waals surface area contributed by atoms with Gasteiger partial charge < -0.3 is 14.7 Å². The molecule has 2 aromatic carbocycles. The van der Waals surface area contributed by atoms with Gasteiger partial charge in [-0.05, 0) is 36.9 Å². The van der Waals surface area contributed by atoms with Gasteiger partial charge in [-0.1, -0.05) is 18.2 Å². The maximum atomic E-state index is 5.92. The van der Waals surface area contributed by atoms with Crippen LogP contribution in [0.3, 0.4) is 0 Å². The van der Waals surface area contributed by atoms with Crippen molar-refractivity contribution in [1.29, 1.82) is 0 Å². The van der Waals surface area contributed by atoms with Crippen LogP contribution >= 0.6 is 0 Å². The van der Waals surface area contributed by atoms with Crippen LogP contribution < -0.4 is 11.4 Å². The summed E-state index contributed by atoms with van der Waals surface area (Å²) in [5.41, 5.74) is 4.13. The first-order valence-corrected chi connectivity index (χ1v) is 6.77. The second-order valence-corrected chi connectivity index (χ2v) is 5.26. The second-order valence-electron chi connectivity index (χ2n) is 5.26. The molecule has 0 aliphatic rings. The molecule has 0 atom stereocenters. The minimum Gasteiger partial charge on any atom is -0.464 e. The van der Waals surface area contributed by atoms with Crippen molar-refractivity contribution in [2.75, 3.05) is 0 Å². The lowest BCUT2D eigenvalue weighted by Crippen LogP contribution is -2.06. The summed E-state index contributed by atoms with van der Waals surface area (Å²) in [4.78, 5) is 0. The van der Waals surface area contributed by atoms with E-state index in [1.165, 1.54) is 0 Å². The highest BCUT2D eigenvalue weighted by molar-refractivity contribution is 6.10. The van der Waals surface area contributed by atoms with Gasteiger partial charge in [0, 0.05) is 21.7 Å². The number of furan rings is 1. The zero-order valence-corrected chi connectivity index (χ0v) is 11.8. The highest BCUT2D eigenvalue weighted by atomic mass is 16.3. The van der Waals surface area contributed by atoms with Crippen LogP contribution in [0.2, 0.25) is 0 Å². The Bertz CT molecular complexity index is 1070. The van der Waals surface area contributed by atoms with E-state index in [-0.39, 0.29) is 0 Å². The van der Waals surface area contributed by atoms with Crippen molar-refractivity contribution in [3.63, 3.8) is 0 Å². The Balaban J connectivity index is 2.38. The van der Waals surface area contributed by atoms with E-state index < -0.39 is 0 Å². The third-order valence-corrected chi connectivity index (χ3v) is 4.00. The van der Waals surface area contributed by atoms with E-state index >= 15 is 0 Å². The van der Waals surface area contributed by atoms with E-state index in [0.717, 1.165) is 43.8 Å². The number of hydrogen-bond donors (Lipinski definition) is 1. The van der Waals surface area contributed by atoms with Crippen molar-refractivity contribution in [2.24, 2.45) is 10.9 Å². The predicted octanol–water partition coefficient (Wildman–Crippen LogP) is 3.72. The summed E-state index contributed by atoms with van der Waals surface area (Å²) in [5.74, 6) is 5.48. The quantitative estimate of drug-likeness (QED) is 0.303. The molecule has 4 aromatic rings. The molecule has 4 nitrogen and oxygen atoms in total. The molecule has 2 heterocycles. The van der Waals surface area contributed by atoms with Gasteiger partial charge in [0.25, 0.3) is 0 Å². The molecule has 2 N–H and O–H groups in total. The first-order valence-electron chi connectivity index (χ1n) is 6.77. The highest BCUT2D eigenvalue weighted by Gasteiger charge is 2.14. The van der Waals surface area contributed by atoms with Gasteiger partial charge in [-0.3, -0.25) is 0 Å². The van der Waals surface area contributed by atoms with Crippen molar-refractivity contribution in [3.05, 3.63) is 53.3 Å². The molecule has 2 aromatic heterocycles. The van der Waals surface area contributed by atoms with Crippen LogP contribution in [-0.4, -0.2) is 0 Å². The summed E-state index contributed by atoms with van der Waals surface area (Å²) in [7, 11) is 0. The largest absolute Gasteiger partial charge is 0.464 e. The molecule has 4 rings (SSSR count). The summed E-state index contributed by atoms with van der Waals surface area (Å²) < 4.78 is 11.6. The van der Waals surface area contributed by atoms with Crippen LogP contribution in [0.5, 0.6) is 0 Å². The summed E-state index contributed by atoms with van der Waals surface area (Å²) in [5, 5.41) is 7.92. The van der Waals surface area contributed by atoms with E-state index in [2.05, 4.69) is 17.2 Å². The van der Waals surface area contributed by atoms with Gasteiger partial charge in [-0.2, -0.15) is 0 Å². The van der Waals surface area contributed by atoms with Gasteiger partial charge in [-0.25, -0.2) is 0 Å². The minimum atomic E-state index is 0.434. The van der Waals surface area contributed by atoms with E-state index in [0.29, 0.717) is 5.55 Å². The van der Waals surface area contributed by atoms with Crippen LogP contribution in [-0.2, 0) is 0 Å². The predicted molar refractivity (Wildman–Crippen MR) is 82.7 cm³/mol. The van der Waals surface area contributed by atoms with Crippen LogP contribution in [0, 0.1) is 13.8 Å². The fourth-order valence-electron chi connectivity index (χ4n) is 2.92. The Morgan fingerprint density at radius 3 is 2.48 bits per heavy atom. The average molecular weight is 278 g/mol. The lowest BCUT2D eigenvalue weighted by molar-refractivity contribution is 0.542. The van der Waals surface area contributed by atoms with E-state index in [1.54, 1.807) is 6.26 Å². The third kappa shape index (κ3) is 1.53. The van der Waals surface area contributed by atoms with Crippen LogP contribution in [0.25, 0.3) is 32.7 Å². The molecule has 0 spiro atoms. The van der Waals surface area contributed by atoms with Crippen LogP contribution in [0.4, 0.5) is 0 Å². The summed E-state index contributed by atoms with van der Waals surface area (Å²) in [6, 6.07) is 10.1. The van der Waals surface area contributed by atoms with E-state index in [4.69, 9.17) is 14.7 Å². The third-order valence-electron chi connectivity index (χ3n) is 4.00. The maximum absolute atomic E-state index is 5.92. The van der Waals surface area contributed by atoms with Crippen molar-refractivity contribution in [3.8, 4) is 0 Å². The SMILES string of the molecule is Cc1coc2c(C)c3o/c(=N/N)c4ccccc4c3cc12. The molecule has 0 aliphatic heterocycles. The molecule has 0 amide bonds. The maximum Gasteiger partial charge on any atom is 0.243 e. The molecule has 4 heteroatoms. The van der Waals surface area contributed by atoms with Gasteiger partial charge in [0.1, 0.15) is 11.2 Å². The van der Waals surface area contributed by atoms with Crippen LogP contribution in [0.1, 0.15) is 11.1 Å². The summed E-state index contributed by atoms with van der Waals surface area (Å²) >= 11 is 0. The first kappa shape index (κ1) is 12.0. The van der Waals surface area contributed by atoms with Gasteiger partial charge >= 0.3 is 0 Å². The number of benzene rings is 2. The zero-order chi connectivity index (χ0) is 14.6. The molecule has 0 unspecified atom stereocenters. The van der Waals surface area contributed by atoms with Gasteiger partial charge in [0.2, 0.25) is 5.55 Å². The fourth-order valence-corrected chi connectivity index (χ4v) is 2.92. The second kappa shape index (κ2) is 4.12. The molecule has 0 bridgehead atoms. The molecule has 0 aliphatic carbocycles. The normalized spacial score (nSPS) is 12.8. The summed E-state index contributed by atoms with van der Waals surface area (Å²) in [6.45, 7) is 4.03. The molecule has 21 heavy (non-hydrogen) atoms. The number of nitrogens with zero attached hydrogens (tertiary/aromatic N) is 1. The standard InChI is InChI=1S/C17H14N2O2/c1-9-8-20-15-10(2)16-14(7-13(9)15)11-5-3-4-6-12(11)17(19-18)21-16/h3-8H,18H2,1-2H3/b19-17+. The first-order chi connectivity index (χ1) is 10.2. The average Bonchev–Trinajstić information content (AvgIpc) is 2.89. The topological polar surface area (TPSA) is 64.7 Å². The molecule has 0 radical (unpaired) electrons. The molecular weight excluding hydrogens is 264 g/mol. The Hall–Kier alpha value is -2.75. The highest BCUT2D eigenvalue weighted by Crippen LogP contribution is 2.33.